The van der Waals surface area contributed by atoms with Gasteiger partial charge in [0.1, 0.15) is 0 Å². The molecule has 0 aromatic heterocycles. The monoisotopic (exact) mass is 270 g/mol. The molecule has 112 valence electrons. The Morgan fingerprint density at radius 1 is 1.37 bits per heavy atom. The Bertz CT molecular complexity index is 261. The summed E-state index contributed by atoms with van der Waals surface area (Å²) in [5, 5.41) is 0. The van der Waals surface area contributed by atoms with Crippen molar-refractivity contribution in [3.8, 4) is 0 Å². The van der Waals surface area contributed by atoms with Gasteiger partial charge in [0.25, 0.3) is 0 Å². The van der Waals surface area contributed by atoms with Crippen LogP contribution in [-0.4, -0.2) is 43.2 Å². The molecule has 1 unspecified atom stereocenters. The lowest BCUT2D eigenvalue weighted by Gasteiger charge is -2.32. The van der Waals surface area contributed by atoms with Gasteiger partial charge in [-0.15, -0.1) is 0 Å². The van der Waals surface area contributed by atoms with Crippen LogP contribution in [0.4, 0.5) is 0 Å². The molecule has 1 heterocycles. The van der Waals surface area contributed by atoms with E-state index in [2.05, 4.69) is 13.8 Å². The van der Waals surface area contributed by atoms with Crippen LogP contribution < -0.4 is 5.73 Å². The maximum Gasteiger partial charge on any atom is 0.222 e. The standard InChI is InChI=1S/C15H30N2O2/c1-4-19-14-5-7-17(8-6-14)15(18)10-13(11-16)9-12(2)3/h12-14H,4-11,16H2,1-3H3. The van der Waals surface area contributed by atoms with Crippen LogP contribution in [-0.2, 0) is 9.53 Å². The quantitative estimate of drug-likeness (QED) is 0.770. The van der Waals surface area contributed by atoms with E-state index in [0.29, 0.717) is 30.9 Å². The summed E-state index contributed by atoms with van der Waals surface area (Å²) in [5.74, 6) is 1.20. The Labute approximate surface area is 117 Å². The highest BCUT2D eigenvalue weighted by atomic mass is 16.5. The largest absolute Gasteiger partial charge is 0.378 e. The average Bonchev–Trinajstić information content (AvgIpc) is 2.38. The SMILES string of the molecule is CCOC1CCN(C(=O)CC(CN)CC(C)C)CC1. The summed E-state index contributed by atoms with van der Waals surface area (Å²) < 4.78 is 5.61. The Morgan fingerprint density at radius 3 is 2.47 bits per heavy atom. The summed E-state index contributed by atoms with van der Waals surface area (Å²) >= 11 is 0. The fourth-order valence-corrected chi connectivity index (χ4v) is 2.81. The van der Waals surface area contributed by atoms with Crippen molar-refractivity contribution in [3.63, 3.8) is 0 Å². The Morgan fingerprint density at radius 2 is 2.00 bits per heavy atom. The van der Waals surface area contributed by atoms with Crippen LogP contribution in [0.3, 0.4) is 0 Å². The predicted octanol–water partition coefficient (Wildman–Crippen LogP) is 2.02. The summed E-state index contributed by atoms with van der Waals surface area (Å²) in [6, 6.07) is 0. The van der Waals surface area contributed by atoms with Gasteiger partial charge >= 0.3 is 0 Å². The molecule has 1 aliphatic heterocycles. The van der Waals surface area contributed by atoms with Crippen molar-refractivity contribution in [2.75, 3.05) is 26.2 Å². The van der Waals surface area contributed by atoms with Crippen LogP contribution in [0.5, 0.6) is 0 Å². The predicted molar refractivity (Wildman–Crippen MR) is 77.8 cm³/mol. The zero-order valence-electron chi connectivity index (χ0n) is 12.7. The molecular formula is C15H30N2O2. The second-order valence-corrected chi connectivity index (χ2v) is 5.97. The molecule has 1 rings (SSSR count). The third kappa shape index (κ3) is 5.91. The van der Waals surface area contributed by atoms with Gasteiger partial charge in [-0.2, -0.15) is 0 Å². The third-order valence-electron chi connectivity index (χ3n) is 3.80. The van der Waals surface area contributed by atoms with E-state index in [-0.39, 0.29) is 5.91 Å². The summed E-state index contributed by atoms with van der Waals surface area (Å²) in [4.78, 5) is 14.2. The number of rotatable bonds is 7. The van der Waals surface area contributed by atoms with E-state index in [0.717, 1.165) is 39.0 Å². The number of carbonyl (C=O) groups excluding carboxylic acids is 1. The highest BCUT2D eigenvalue weighted by molar-refractivity contribution is 5.76. The molecule has 1 aliphatic rings. The smallest absolute Gasteiger partial charge is 0.222 e. The van der Waals surface area contributed by atoms with Crippen LogP contribution >= 0.6 is 0 Å². The highest BCUT2D eigenvalue weighted by Gasteiger charge is 2.24. The van der Waals surface area contributed by atoms with Crippen molar-refractivity contribution in [2.24, 2.45) is 17.6 Å². The molecular weight excluding hydrogens is 240 g/mol. The number of hydrogen-bond donors (Lipinski definition) is 1. The van der Waals surface area contributed by atoms with Crippen molar-refractivity contribution >= 4 is 5.91 Å². The molecule has 0 aromatic rings. The van der Waals surface area contributed by atoms with Gasteiger partial charge in [0.05, 0.1) is 6.10 Å². The molecule has 1 amide bonds. The van der Waals surface area contributed by atoms with Gasteiger partial charge in [-0.3, -0.25) is 4.79 Å². The van der Waals surface area contributed by atoms with Crippen LogP contribution in [0.25, 0.3) is 0 Å². The number of piperidine rings is 1. The molecule has 4 nitrogen and oxygen atoms in total. The number of likely N-dealkylation sites (tertiary alicyclic amines) is 1. The maximum absolute atomic E-state index is 12.2. The van der Waals surface area contributed by atoms with Gasteiger partial charge in [0.15, 0.2) is 0 Å². The Kier molecular flexibility index (Phi) is 7.39. The Hall–Kier alpha value is -0.610. The second-order valence-electron chi connectivity index (χ2n) is 5.97. The summed E-state index contributed by atoms with van der Waals surface area (Å²) in [6.45, 7) is 9.43. The molecule has 0 aliphatic carbocycles. The van der Waals surface area contributed by atoms with E-state index in [1.807, 2.05) is 11.8 Å². The fourth-order valence-electron chi connectivity index (χ4n) is 2.81. The lowest BCUT2D eigenvalue weighted by Crippen LogP contribution is -2.42. The minimum Gasteiger partial charge on any atom is -0.378 e. The minimum absolute atomic E-state index is 0.269. The lowest BCUT2D eigenvalue weighted by atomic mass is 9.93. The summed E-state index contributed by atoms with van der Waals surface area (Å²) in [7, 11) is 0. The zero-order chi connectivity index (χ0) is 14.3. The molecule has 19 heavy (non-hydrogen) atoms. The first-order valence-electron chi connectivity index (χ1n) is 7.66. The molecule has 4 heteroatoms. The van der Waals surface area contributed by atoms with Crippen LogP contribution in [0, 0.1) is 11.8 Å². The lowest BCUT2D eigenvalue weighted by molar-refractivity contribution is -0.134. The number of carbonyl (C=O) groups is 1. The van der Waals surface area contributed by atoms with E-state index in [9.17, 15) is 4.79 Å². The number of nitrogens with two attached hydrogens (primary N) is 1. The first-order valence-corrected chi connectivity index (χ1v) is 7.66. The highest BCUT2D eigenvalue weighted by Crippen LogP contribution is 2.19. The van der Waals surface area contributed by atoms with Crippen molar-refractivity contribution < 1.29 is 9.53 Å². The topological polar surface area (TPSA) is 55.6 Å². The number of hydrogen-bond acceptors (Lipinski definition) is 3. The summed E-state index contributed by atoms with van der Waals surface area (Å²) in [6.07, 6.45) is 3.93. The van der Waals surface area contributed by atoms with Crippen LogP contribution in [0.1, 0.15) is 46.5 Å². The Balaban J connectivity index is 2.33. The number of amides is 1. The molecule has 0 aromatic carbocycles. The zero-order valence-corrected chi connectivity index (χ0v) is 12.7. The molecule has 0 radical (unpaired) electrons. The van der Waals surface area contributed by atoms with Crippen molar-refractivity contribution in [1.82, 2.24) is 4.90 Å². The van der Waals surface area contributed by atoms with E-state index in [1.165, 1.54) is 0 Å². The molecule has 1 saturated heterocycles. The first-order chi connectivity index (χ1) is 9.06. The van der Waals surface area contributed by atoms with Crippen molar-refractivity contribution in [1.29, 1.82) is 0 Å². The first kappa shape index (κ1) is 16.4. The van der Waals surface area contributed by atoms with Gasteiger partial charge in [0, 0.05) is 26.1 Å². The molecule has 0 bridgehead atoms. The van der Waals surface area contributed by atoms with E-state index in [1.54, 1.807) is 0 Å². The van der Waals surface area contributed by atoms with Gasteiger partial charge in [-0.25, -0.2) is 0 Å². The van der Waals surface area contributed by atoms with E-state index < -0.39 is 0 Å². The minimum atomic E-state index is 0.269. The molecule has 1 atom stereocenters. The van der Waals surface area contributed by atoms with Gasteiger partial charge in [-0.1, -0.05) is 13.8 Å². The van der Waals surface area contributed by atoms with Gasteiger partial charge in [-0.05, 0) is 44.6 Å². The number of nitrogens with zero attached hydrogens (tertiary/aromatic N) is 1. The third-order valence-corrected chi connectivity index (χ3v) is 3.80. The normalized spacial score (nSPS) is 18.9. The summed E-state index contributed by atoms with van der Waals surface area (Å²) in [5.41, 5.74) is 5.77. The number of ether oxygens (including phenoxy) is 1. The van der Waals surface area contributed by atoms with E-state index >= 15 is 0 Å². The van der Waals surface area contributed by atoms with Crippen molar-refractivity contribution in [3.05, 3.63) is 0 Å². The van der Waals surface area contributed by atoms with Gasteiger partial charge < -0.3 is 15.4 Å². The average molecular weight is 270 g/mol. The van der Waals surface area contributed by atoms with Gasteiger partial charge in [0.2, 0.25) is 5.91 Å². The van der Waals surface area contributed by atoms with Crippen molar-refractivity contribution in [2.45, 2.75) is 52.6 Å². The van der Waals surface area contributed by atoms with Crippen LogP contribution in [0.15, 0.2) is 0 Å². The second kappa shape index (κ2) is 8.54. The molecule has 0 saturated carbocycles. The molecule has 2 N–H and O–H groups in total. The van der Waals surface area contributed by atoms with Crippen LogP contribution in [0.2, 0.25) is 0 Å². The molecule has 1 fully saturated rings. The maximum atomic E-state index is 12.2. The fraction of sp³-hybridized carbons (Fsp3) is 0.933. The molecule has 0 spiro atoms. The van der Waals surface area contributed by atoms with E-state index in [4.69, 9.17) is 10.5 Å².